The fourth-order valence-electron chi connectivity index (χ4n) is 2.83. The number of hydrogen-bond donors (Lipinski definition) is 2. The van der Waals surface area contributed by atoms with Crippen LogP contribution in [0.1, 0.15) is 21.9 Å². The van der Waals surface area contributed by atoms with Gasteiger partial charge in [-0.25, -0.2) is 4.98 Å². The summed E-state index contributed by atoms with van der Waals surface area (Å²) in [5.41, 5.74) is 6.29. The van der Waals surface area contributed by atoms with Crippen LogP contribution < -0.4 is 24.7 Å². The van der Waals surface area contributed by atoms with E-state index in [9.17, 15) is 9.90 Å². The standard InChI is InChI=1S/C22H23N3O6/c1-28-15-7-5-6-14(12-15)13-18-24-19(21(23)27)20(22(25-18)30-11-10-26)31-17-9-4-3-8-16(17)29-2/h3-9,12,26H,10-11,13H2,1-2H3,(H2,23,27). The average molecular weight is 425 g/mol. The summed E-state index contributed by atoms with van der Waals surface area (Å²) in [5, 5.41) is 9.20. The van der Waals surface area contributed by atoms with Gasteiger partial charge >= 0.3 is 0 Å². The Labute approximate surface area is 179 Å². The van der Waals surface area contributed by atoms with E-state index in [1.165, 1.54) is 7.11 Å². The number of amides is 1. The van der Waals surface area contributed by atoms with Crippen molar-refractivity contribution in [1.29, 1.82) is 0 Å². The average Bonchev–Trinajstić information content (AvgIpc) is 2.79. The zero-order chi connectivity index (χ0) is 22.2. The highest BCUT2D eigenvalue weighted by Gasteiger charge is 2.23. The van der Waals surface area contributed by atoms with Gasteiger partial charge < -0.3 is 29.8 Å². The number of methoxy groups -OCH3 is 2. The Morgan fingerprint density at radius 1 is 1.03 bits per heavy atom. The third-order valence-electron chi connectivity index (χ3n) is 4.22. The van der Waals surface area contributed by atoms with E-state index in [2.05, 4.69) is 9.97 Å². The van der Waals surface area contributed by atoms with E-state index >= 15 is 0 Å². The summed E-state index contributed by atoms with van der Waals surface area (Å²) in [6.07, 6.45) is 0.294. The normalized spacial score (nSPS) is 10.4. The fraction of sp³-hybridized carbons (Fsp3) is 0.227. The smallest absolute Gasteiger partial charge is 0.271 e. The maximum atomic E-state index is 12.2. The van der Waals surface area contributed by atoms with E-state index in [0.29, 0.717) is 29.5 Å². The molecule has 3 N–H and O–H groups in total. The van der Waals surface area contributed by atoms with Gasteiger partial charge in [0.25, 0.3) is 11.8 Å². The third-order valence-corrected chi connectivity index (χ3v) is 4.22. The van der Waals surface area contributed by atoms with Crippen molar-refractivity contribution in [2.45, 2.75) is 6.42 Å². The predicted octanol–water partition coefficient (Wildman–Crippen LogP) is 2.35. The summed E-state index contributed by atoms with van der Waals surface area (Å²) >= 11 is 0. The van der Waals surface area contributed by atoms with Crippen molar-refractivity contribution in [3.05, 3.63) is 65.6 Å². The molecule has 0 aliphatic rings. The van der Waals surface area contributed by atoms with Crippen molar-refractivity contribution >= 4 is 5.91 Å². The highest BCUT2D eigenvalue weighted by molar-refractivity contribution is 5.94. The first-order valence-electron chi connectivity index (χ1n) is 9.44. The number of aromatic nitrogens is 2. The van der Waals surface area contributed by atoms with Crippen LogP contribution >= 0.6 is 0 Å². The topological polar surface area (TPSA) is 126 Å². The summed E-state index contributed by atoms with van der Waals surface area (Å²) in [5.74, 6) is 0.856. The molecule has 0 atom stereocenters. The van der Waals surface area contributed by atoms with Gasteiger partial charge in [0.1, 0.15) is 18.2 Å². The number of nitrogens with zero attached hydrogens (tertiary/aromatic N) is 2. The molecule has 0 bridgehead atoms. The van der Waals surface area contributed by atoms with Crippen molar-refractivity contribution in [2.24, 2.45) is 5.73 Å². The molecule has 3 rings (SSSR count). The van der Waals surface area contributed by atoms with Crippen LogP contribution in [-0.2, 0) is 6.42 Å². The molecular formula is C22H23N3O6. The Hall–Kier alpha value is -3.85. The molecule has 0 spiro atoms. The van der Waals surface area contributed by atoms with Gasteiger partial charge in [0.15, 0.2) is 17.2 Å². The van der Waals surface area contributed by atoms with Crippen LogP contribution in [0.5, 0.6) is 28.9 Å². The number of ether oxygens (including phenoxy) is 4. The highest BCUT2D eigenvalue weighted by atomic mass is 16.5. The van der Waals surface area contributed by atoms with Crippen molar-refractivity contribution in [3.63, 3.8) is 0 Å². The minimum absolute atomic E-state index is 0.0124. The van der Waals surface area contributed by atoms with E-state index in [4.69, 9.17) is 24.7 Å². The van der Waals surface area contributed by atoms with Gasteiger partial charge in [0.2, 0.25) is 5.75 Å². The zero-order valence-electron chi connectivity index (χ0n) is 17.2. The lowest BCUT2D eigenvalue weighted by atomic mass is 10.1. The molecule has 162 valence electrons. The van der Waals surface area contributed by atoms with Gasteiger partial charge in [-0.3, -0.25) is 4.79 Å². The maximum Gasteiger partial charge on any atom is 0.271 e. The molecule has 0 saturated heterocycles. The van der Waals surface area contributed by atoms with E-state index in [1.807, 2.05) is 24.3 Å². The monoisotopic (exact) mass is 425 g/mol. The molecule has 0 fully saturated rings. The lowest BCUT2D eigenvalue weighted by Gasteiger charge is -2.16. The first kappa shape index (κ1) is 21.8. The first-order chi connectivity index (χ1) is 15.0. The number of benzene rings is 2. The Morgan fingerprint density at radius 3 is 2.48 bits per heavy atom. The van der Waals surface area contributed by atoms with Crippen LogP contribution in [0, 0.1) is 0 Å². The predicted molar refractivity (Wildman–Crippen MR) is 112 cm³/mol. The molecule has 9 heteroatoms. The lowest BCUT2D eigenvalue weighted by molar-refractivity contribution is 0.0991. The SMILES string of the molecule is COc1cccc(Cc2nc(OCCO)c(Oc3ccccc3OC)c(C(N)=O)n2)c1. The van der Waals surface area contributed by atoms with Crippen LogP contribution in [-0.4, -0.2) is 48.4 Å². The first-order valence-corrected chi connectivity index (χ1v) is 9.44. The second-order valence-electron chi connectivity index (χ2n) is 6.34. The Morgan fingerprint density at radius 2 is 1.81 bits per heavy atom. The summed E-state index contributed by atoms with van der Waals surface area (Å²) < 4.78 is 22.0. The number of aliphatic hydroxyl groups is 1. The fourth-order valence-corrected chi connectivity index (χ4v) is 2.83. The molecular weight excluding hydrogens is 402 g/mol. The summed E-state index contributed by atoms with van der Waals surface area (Å²) in [7, 11) is 3.07. The van der Waals surface area contributed by atoms with Gasteiger partial charge in [-0.05, 0) is 29.8 Å². The number of carbonyl (C=O) groups is 1. The number of nitrogens with two attached hydrogens (primary N) is 1. The van der Waals surface area contributed by atoms with E-state index < -0.39 is 5.91 Å². The number of primary amides is 1. The van der Waals surface area contributed by atoms with Crippen LogP contribution in [0.3, 0.4) is 0 Å². The van der Waals surface area contributed by atoms with Crippen LogP contribution in [0.2, 0.25) is 0 Å². The van der Waals surface area contributed by atoms with Gasteiger partial charge in [-0.15, -0.1) is 0 Å². The molecule has 3 aromatic rings. The number of carbonyl (C=O) groups excluding carboxylic acids is 1. The zero-order valence-corrected chi connectivity index (χ0v) is 17.2. The number of hydrogen-bond acceptors (Lipinski definition) is 8. The summed E-state index contributed by atoms with van der Waals surface area (Å²) in [6.45, 7) is -0.314. The number of rotatable bonds is 10. The van der Waals surface area contributed by atoms with E-state index in [1.54, 1.807) is 31.4 Å². The van der Waals surface area contributed by atoms with Gasteiger partial charge in [-0.1, -0.05) is 24.3 Å². The van der Waals surface area contributed by atoms with Crippen LogP contribution in [0.4, 0.5) is 0 Å². The molecule has 0 aliphatic heterocycles. The Balaban J connectivity index is 2.05. The van der Waals surface area contributed by atoms with Gasteiger partial charge in [0.05, 0.1) is 20.8 Å². The minimum Gasteiger partial charge on any atom is -0.497 e. The van der Waals surface area contributed by atoms with Crippen molar-refractivity contribution in [1.82, 2.24) is 9.97 Å². The lowest BCUT2D eigenvalue weighted by Crippen LogP contribution is -2.18. The molecule has 1 aromatic heterocycles. The Bertz CT molecular complexity index is 1060. The molecule has 2 aromatic carbocycles. The third kappa shape index (κ3) is 5.40. The van der Waals surface area contributed by atoms with Crippen molar-refractivity contribution < 1.29 is 28.8 Å². The highest BCUT2D eigenvalue weighted by Crippen LogP contribution is 2.37. The molecule has 0 saturated carbocycles. The van der Waals surface area contributed by atoms with E-state index in [0.717, 1.165) is 5.56 Å². The molecule has 0 unspecified atom stereocenters. The number of para-hydroxylation sites is 2. The largest absolute Gasteiger partial charge is 0.497 e. The maximum absolute atomic E-state index is 12.2. The molecule has 1 amide bonds. The van der Waals surface area contributed by atoms with Crippen molar-refractivity contribution in [3.8, 4) is 28.9 Å². The van der Waals surface area contributed by atoms with Gasteiger partial charge in [-0.2, -0.15) is 4.98 Å². The molecule has 0 aliphatic carbocycles. The molecule has 31 heavy (non-hydrogen) atoms. The van der Waals surface area contributed by atoms with E-state index in [-0.39, 0.29) is 30.5 Å². The Kier molecular flexibility index (Phi) is 7.23. The molecule has 9 nitrogen and oxygen atoms in total. The summed E-state index contributed by atoms with van der Waals surface area (Å²) in [4.78, 5) is 20.9. The second kappa shape index (κ2) is 10.3. The van der Waals surface area contributed by atoms with Crippen LogP contribution in [0.25, 0.3) is 0 Å². The minimum atomic E-state index is -0.812. The van der Waals surface area contributed by atoms with Crippen molar-refractivity contribution in [2.75, 3.05) is 27.4 Å². The number of aliphatic hydroxyl groups excluding tert-OH is 1. The second-order valence-corrected chi connectivity index (χ2v) is 6.34. The van der Waals surface area contributed by atoms with Gasteiger partial charge in [0, 0.05) is 6.42 Å². The van der Waals surface area contributed by atoms with Crippen LogP contribution in [0.15, 0.2) is 48.5 Å². The quantitative estimate of drug-likeness (QED) is 0.507. The molecule has 0 radical (unpaired) electrons. The summed E-state index contributed by atoms with van der Waals surface area (Å²) in [6, 6.07) is 14.2. The molecule has 1 heterocycles.